The highest BCUT2D eigenvalue weighted by molar-refractivity contribution is 9.10. The number of hydrogen-bond donors (Lipinski definition) is 1. The van der Waals surface area contributed by atoms with Crippen LogP contribution >= 0.6 is 39.0 Å². The Morgan fingerprint density at radius 1 is 1.07 bits per heavy atom. The number of hydrogen-bond acceptors (Lipinski definition) is 8. The number of pyridine rings is 1. The number of aliphatic hydroxyl groups is 1. The Bertz CT molecular complexity index is 1820. The van der Waals surface area contributed by atoms with E-state index in [1.165, 1.54) is 22.7 Å². The number of aryl methyl sites for hydroxylation is 1. The monoisotopic (exact) mass is 635 g/mol. The predicted molar refractivity (Wildman–Crippen MR) is 155 cm³/mol. The van der Waals surface area contributed by atoms with Gasteiger partial charge in [-0.3, -0.25) is 18.9 Å². The molecule has 6 rings (SSSR count). The number of carbonyl (C=O) groups excluding carboxylic acids is 2. The fourth-order valence-electron chi connectivity index (χ4n) is 4.63. The van der Waals surface area contributed by atoms with Gasteiger partial charge in [0.25, 0.3) is 5.78 Å². The molecule has 1 N–H and O–H groups in total. The number of carbonyl (C=O) groups is 2. The van der Waals surface area contributed by atoms with Crippen molar-refractivity contribution >= 4 is 67.3 Å². The van der Waals surface area contributed by atoms with E-state index in [4.69, 9.17) is 0 Å². The van der Waals surface area contributed by atoms with Crippen molar-refractivity contribution in [1.82, 2.24) is 19.6 Å². The second-order valence-electron chi connectivity index (χ2n) is 8.93. The van der Waals surface area contributed by atoms with Crippen molar-refractivity contribution in [3.8, 4) is 0 Å². The van der Waals surface area contributed by atoms with Crippen LogP contribution in [0.15, 0.2) is 87.3 Å². The van der Waals surface area contributed by atoms with Gasteiger partial charge in [0.1, 0.15) is 17.2 Å². The Balaban J connectivity index is 1.44. The van der Waals surface area contributed by atoms with E-state index in [0.29, 0.717) is 38.3 Å². The molecule has 0 saturated carbocycles. The SMILES string of the molecule is Cc1nc2ccccn2c1C(O)=C1C(=O)C(=O)N(c2nnc(SCc3ccccc3F)s2)C1c1ccc(Br)cc1. The molecule has 5 aromatic rings. The van der Waals surface area contributed by atoms with Crippen LogP contribution in [0.4, 0.5) is 9.52 Å². The van der Waals surface area contributed by atoms with Gasteiger partial charge in [0, 0.05) is 16.4 Å². The molecule has 0 bridgehead atoms. The molecule has 200 valence electrons. The van der Waals surface area contributed by atoms with Crippen LogP contribution in [0, 0.1) is 12.7 Å². The van der Waals surface area contributed by atoms with E-state index in [2.05, 4.69) is 31.1 Å². The molecule has 40 heavy (non-hydrogen) atoms. The lowest BCUT2D eigenvalue weighted by molar-refractivity contribution is -0.132. The molecule has 1 aliphatic rings. The standard InChI is InChI=1S/C28H19BrFN5O3S2/c1-15-22(34-13-5-4-8-20(34)31-15)24(36)21-23(16-9-11-18(29)12-10-16)35(26(38)25(21)37)27-32-33-28(40-27)39-14-17-6-2-3-7-19(17)30/h2-13,23,36H,14H2,1H3. The lowest BCUT2D eigenvalue weighted by Gasteiger charge is -2.22. The number of nitrogens with zero attached hydrogens (tertiary/aromatic N) is 5. The van der Waals surface area contributed by atoms with Crippen molar-refractivity contribution in [3.63, 3.8) is 0 Å². The molecule has 1 saturated heterocycles. The van der Waals surface area contributed by atoms with Gasteiger partial charge < -0.3 is 5.11 Å². The van der Waals surface area contributed by atoms with Crippen LogP contribution in [-0.2, 0) is 15.3 Å². The van der Waals surface area contributed by atoms with Crippen LogP contribution < -0.4 is 4.90 Å². The molecule has 1 unspecified atom stereocenters. The fraction of sp³-hybridized carbons (Fsp3) is 0.107. The molecular weight excluding hydrogens is 617 g/mol. The van der Waals surface area contributed by atoms with Gasteiger partial charge in [0.15, 0.2) is 10.1 Å². The maximum Gasteiger partial charge on any atom is 0.301 e. The Kier molecular flexibility index (Phi) is 6.99. The number of halogens is 2. The second kappa shape index (κ2) is 10.6. The van der Waals surface area contributed by atoms with Gasteiger partial charge in [-0.05, 0) is 48.4 Å². The number of rotatable bonds is 6. The lowest BCUT2D eigenvalue weighted by atomic mass is 9.96. The molecule has 8 nitrogen and oxygen atoms in total. The number of benzene rings is 2. The number of aliphatic hydroxyl groups excluding tert-OH is 1. The van der Waals surface area contributed by atoms with Crippen LogP contribution in [-0.4, -0.2) is 36.4 Å². The predicted octanol–water partition coefficient (Wildman–Crippen LogP) is 6.31. The molecular formula is C28H19BrFN5O3S2. The molecule has 2 aromatic carbocycles. The minimum absolute atomic E-state index is 0.0724. The van der Waals surface area contributed by atoms with Crippen molar-refractivity contribution in [2.45, 2.75) is 23.1 Å². The first-order valence-corrected chi connectivity index (χ1v) is 14.6. The average Bonchev–Trinajstić information content (AvgIpc) is 3.62. The van der Waals surface area contributed by atoms with E-state index in [-0.39, 0.29) is 22.3 Å². The summed E-state index contributed by atoms with van der Waals surface area (Å²) in [4.78, 5) is 32.8. The third-order valence-electron chi connectivity index (χ3n) is 6.47. The van der Waals surface area contributed by atoms with Crippen molar-refractivity contribution in [2.75, 3.05) is 4.90 Å². The first-order chi connectivity index (χ1) is 19.3. The van der Waals surface area contributed by atoms with Gasteiger partial charge in [0.05, 0.1) is 17.3 Å². The maximum absolute atomic E-state index is 14.1. The topological polar surface area (TPSA) is 101 Å². The molecule has 1 aliphatic heterocycles. The Morgan fingerprint density at radius 3 is 2.60 bits per heavy atom. The van der Waals surface area contributed by atoms with Gasteiger partial charge >= 0.3 is 5.91 Å². The van der Waals surface area contributed by atoms with Gasteiger partial charge in [-0.25, -0.2) is 9.37 Å². The van der Waals surface area contributed by atoms with E-state index in [0.717, 1.165) is 15.8 Å². The number of Topliss-reactive ketones (excluding diaryl/α,β-unsaturated/α-hetero) is 1. The number of aromatic nitrogens is 4. The fourth-order valence-corrected chi connectivity index (χ4v) is 6.75. The largest absolute Gasteiger partial charge is 0.505 e. The highest BCUT2D eigenvalue weighted by atomic mass is 79.9. The van der Waals surface area contributed by atoms with Crippen molar-refractivity contribution in [3.05, 3.63) is 111 Å². The van der Waals surface area contributed by atoms with E-state index < -0.39 is 17.7 Å². The van der Waals surface area contributed by atoms with Gasteiger partial charge in [0.2, 0.25) is 5.13 Å². The third kappa shape index (κ3) is 4.61. The number of imidazole rings is 1. The molecule has 0 aliphatic carbocycles. The zero-order valence-electron chi connectivity index (χ0n) is 20.8. The lowest BCUT2D eigenvalue weighted by Crippen LogP contribution is -2.29. The smallest absolute Gasteiger partial charge is 0.301 e. The highest BCUT2D eigenvalue weighted by Crippen LogP contribution is 2.44. The van der Waals surface area contributed by atoms with Crippen LogP contribution in [0.3, 0.4) is 0 Å². The summed E-state index contributed by atoms with van der Waals surface area (Å²) < 4.78 is 17.1. The quantitative estimate of drug-likeness (QED) is 0.0766. The van der Waals surface area contributed by atoms with Gasteiger partial charge in [-0.15, -0.1) is 10.2 Å². The van der Waals surface area contributed by atoms with Crippen LogP contribution in [0.1, 0.15) is 28.6 Å². The summed E-state index contributed by atoms with van der Waals surface area (Å²) in [7, 11) is 0. The molecule has 12 heteroatoms. The van der Waals surface area contributed by atoms with Gasteiger partial charge in [-0.2, -0.15) is 0 Å². The molecule has 4 heterocycles. The first kappa shape index (κ1) is 26.4. The minimum atomic E-state index is -0.959. The zero-order valence-corrected chi connectivity index (χ0v) is 24.0. The summed E-state index contributed by atoms with van der Waals surface area (Å²) in [6.45, 7) is 1.73. The summed E-state index contributed by atoms with van der Waals surface area (Å²) in [5, 5.41) is 20.2. The van der Waals surface area contributed by atoms with E-state index in [9.17, 15) is 19.1 Å². The van der Waals surface area contributed by atoms with Crippen molar-refractivity contribution < 1.29 is 19.1 Å². The van der Waals surface area contributed by atoms with Crippen LogP contribution in [0.5, 0.6) is 0 Å². The maximum atomic E-state index is 14.1. The van der Waals surface area contributed by atoms with Crippen LogP contribution in [0.2, 0.25) is 0 Å². The number of anilines is 1. The first-order valence-electron chi connectivity index (χ1n) is 12.0. The minimum Gasteiger partial charge on any atom is -0.505 e. The average molecular weight is 637 g/mol. The summed E-state index contributed by atoms with van der Waals surface area (Å²) in [6.07, 6.45) is 1.74. The van der Waals surface area contributed by atoms with Crippen molar-refractivity contribution in [1.29, 1.82) is 0 Å². The molecule has 0 radical (unpaired) electrons. The van der Waals surface area contributed by atoms with Crippen LogP contribution in [0.25, 0.3) is 11.4 Å². The molecule has 1 fully saturated rings. The normalized spacial score (nSPS) is 16.8. The summed E-state index contributed by atoms with van der Waals surface area (Å²) in [6, 6.07) is 18.1. The Labute approximate surface area is 244 Å². The summed E-state index contributed by atoms with van der Waals surface area (Å²) in [5.41, 5.74) is 2.48. The van der Waals surface area contributed by atoms with Crippen molar-refractivity contribution in [2.24, 2.45) is 0 Å². The Hall–Kier alpha value is -3.87. The third-order valence-corrected chi connectivity index (χ3v) is 9.10. The summed E-state index contributed by atoms with van der Waals surface area (Å²) >= 11 is 5.82. The highest BCUT2D eigenvalue weighted by Gasteiger charge is 2.48. The van der Waals surface area contributed by atoms with Gasteiger partial charge in [-0.1, -0.05) is 75.4 Å². The number of amides is 1. The molecule has 0 spiro atoms. The number of thioether (sulfide) groups is 1. The number of fused-ring (bicyclic) bond motifs is 1. The number of ketones is 1. The molecule has 1 atom stereocenters. The molecule has 3 aromatic heterocycles. The molecule has 1 amide bonds. The second-order valence-corrected chi connectivity index (χ2v) is 12.0. The Morgan fingerprint density at radius 2 is 1.82 bits per heavy atom. The zero-order chi connectivity index (χ0) is 28.0. The summed E-state index contributed by atoms with van der Waals surface area (Å²) in [5.74, 6) is -2.00. The van der Waals surface area contributed by atoms with E-state index >= 15 is 0 Å². The van der Waals surface area contributed by atoms with E-state index in [1.807, 2.05) is 6.07 Å². The van der Waals surface area contributed by atoms with E-state index in [1.54, 1.807) is 72.1 Å².